The smallest absolute Gasteiger partial charge is 0.326 e. The molecule has 0 bridgehead atoms. The molecular weight excluding hydrogens is 632 g/mol. The lowest BCUT2D eigenvalue weighted by Gasteiger charge is -2.20. The average Bonchev–Trinajstić information content (AvgIpc) is 2.92. The van der Waals surface area contributed by atoms with E-state index in [2.05, 4.69) is 5.32 Å². The Morgan fingerprint density at radius 2 is 1.40 bits per heavy atom. The fourth-order valence-electron chi connectivity index (χ4n) is 4.61. The number of amides is 1. The van der Waals surface area contributed by atoms with Crippen LogP contribution in [0.3, 0.4) is 0 Å². The largest absolute Gasteiger partial charge is 0.772 e. The second-order valence-electron chi connectivity index (χ2n) is 9.71. The Labute approximate surface area is 262 Å². The standard InChI is InChI=1S/C31H28Cl2NO7PS/c32-26-13-20(10-11-42(24-8-2-6-22(35)16-24)25-9-3-7-23(36)17-25)14-27(33)29(26)30(37)34-28(31(38)39)15-19-4-1-5-21(12-19)18-43(40)41/h1-9,12-14,16-17,28,35-36H,10-11,15,18H2,(H,34,37)(H,38,39)(H,40,41)/p-1/t28-/m0/s1. The van der Waals surface area contributed by atoms with Gasteiger partial charge in [-0.15, -0.1) is 0 Å². The number of hydrogen-bond acceptors (Lipinski definition) is 6. The number of aliphatic carboxylic acids is 1. The van der Waals surface area contributed by atoms with E-state index < -0.39 is 36.9 Å². The van der Waals surface area contributed by atoms with Gasteiger partial charge in [0.25, 0.3) is 5.91 Å². The molecule has 0 spiro atoms. The molecule has 0 aromatic heterocycles. The second kappa shape index (κ2) is 14.8. The van der Waals surface area contributed by atoms with E-state index in [0.29, 0.717) is 23.7 Å². The highest BCUT2D eigenvalue weighted by Gasteiger charge is 2.25. The van der Waals surface area contributed by atoms with Crippen LogP contribution in [0.1, 0.15) is 27.0 Å². The summed E-state index contributed by atoms with van der Waals surface area (Å²) in [4.78, 5) is 25.1. The number of carboxylic acids is 1. The quantitative estimate of drug-likeness (QED) is 0.125. The van der Waals surface area contributed by atoms with E-state index in [9.17, 15) is 33.7 Å². The Morgan fingerprint density at radius 1 is 0.837 bits per heavy atom. The van der Waals surface area contributed by atoms with Crippen LogP contribution in [-0.4, -0.2) is 48.2 Å². The third-order valence-corrected chi connectivity index (χ3v) is 10.2. The number of aryl methyl sites for hydroxylation is 1. The normalized spacial score (nSPS) is 12.6. The Morgan fingerprint density at radius 3 is 1.93 bits per heavy atom. The van der Waals surface area contributed by atoms with E-state index in [1.807, 2.05) is 12.1 Å². The monoisotopic (exact) mass is 658 g/mol. The van der Waals surface area contributed by atoms with Crippen molar-refractivity contribution in [3.05, 3.63) is 117 Å². The van der Waals surface area contributed by atoms with Crippen LogP contribution in [-0.2, 0) is 34.5 Å². The first-order chi connectivity index (χ1) is 20.5. The van der Waals surface area contributed by atoms with Crippen LogP contribution in [0.25, 0.3) is 0 Å². The van der Waals surface area contributed by atoms with Crippen molar-refractivity contribution < 1.29 is 33.7 Å². The minimum atomic E-state index is -2.30. The van der Waals surface area contributed by atoms with E-state index in [4.69, 9.17) is 23.2 Å². The van der Waals surface area contributed by atoms with Gasteiger partial charge in [-0.25, -0.2) is 4.79 Å². The van der Waals surface area contributed by atoms with Crippen LogP contribution in [0.2, 0.25) is 10.0 Å². The first-order valence-electron chi connectivity index (χ1n) is 13.0. The highest BCUT2D eigenvalue weighted by atomic mass is 35.5. The molecule has 4 N–H and O–H groups in total. The van der Waals surface area contributed by atoms with Crippen LogP contribution in [0, 0.1) is 0 Å². The predicted molar refractivity (Wildman–Crippen MR) is 169 cm³/mol. The number of rotatable bonds is 12. The van der Waals surface area contributed by atoms with Crippen LogP contribution in [0.15, 0.2) is 84.9 Å². The summed E-state index contributed by atoms with van der Waals surface area (Å²) < 4.78 is 22.1. The van der Waals surface area contributed by atoms with E-state index >= 15 is 0 Å². The molecule has 43 heavy (non-hydrogen) atoms. The predicted octanol–water partition coefficient (Wildman–Crippen LogP) is 4.88. The molecule has 8 nitrogen and oxygen atoms in total. The molecule has 0 fully saturated rings. The van der Waals surface area contributed by atoms with Crippen molar-refractivity contribution in [1.82, 2.24) is 5.32 Å². The van der Waals surface area contributed by atoms with E-state index in [1.54, 1.807) is 72.8 Å². The number of phenolic OH excluding ortho intramolecular Hbond substituents is 2. The van der Waals surface area contributed by atoms with Gasteiger partial charge in [0.1, 0.15) is 17.5 Å². The molecule has 0 aliphatic rings. The van der Waals surface area contributed by atoms with Crippen molar-refractivity contribution in [1.29, 1.82) is 0 Å². The molecule has 4 aromatic rings. The number of carboxylic acid groups (broad SMARTS) is 1. The van der Waals surface area contributed by atoms with Gasteiger partial charge in [-0.2, -0.15) is 0 Å². The highest BCUT2D eigenvalue weighted by Crippen LogP contribution is 2.37. The average molecular weight is 660 g/mol. The minimum Gasteiger partial charge on any atom is -0.772 e. The van der Waals surface area contributed by atoms with Gasteiger partial charge >= 0.3 is 5.97 Å². The summed E-state index contributed by atoms with van der Waals surface area (Å²) in [6.45, 7) is 0. The van der Waals surface area contributed by atoms with Crippen LogP contribution in [0.5, 0.6) is 11.5 Å². The number of aromatic hydroxyl groups is 2. The molecule has 0 saturated heterocycles. The molecule has 0 aliphatic heterocycles. The summed E-state index contributed by atoms with van der Waals surface area (Å²) in [7, 11) is -0.982. The number of benzene rings is 4. The van der Waals surface area contributed by atoms with Gasteiger partial charge in [-0.3, -0.25) is 9.00 Å². The van der Waals surface area contributed by atoms with Crippen molar-refractivity contribution in [3.8, 4) is 11.5 Å². The van der Waals surface area contributed by atoms with Crippen LogP contribution in [0.4, 0.5) is 0 Å². The molecule has 2 atom stereocenters. The summed E-state index contributed by atoms with van der Waals surface area (Å²) >= 11 is 10.7. The molecule has 4 rings (SSSR count). The zero-order valence-corrected chi connectivity index (χ0v) is 25.8. The minimum absolute atomic E-state index is 0.0583. The SMILES string of the molecule is O=C(N[C@@H](Cc1cccc(CS(=O)[O-])c1)C(=O)O)c1c(Cl)cc(CCP(c2cccc(O)c2)c2cccc(O)c2)cc1Cl. The molecule has 12 heteroatoms. The lowest BCUT2D eigenvalue weighted by atomic mass is 10.0. The van der Waals surface area contributed by atoms with Crippen molar-refractivity contribution in [2.45, 2.75) is 24.6 Å². The third-order valence-electron chi connectivity index (χ3n) is 6.56. The molecule has 0 heterocycles. The van der Waals surface area contributed by atoms with E-state index in [0.717, 1.165) is 16.2 Å². The summed E-state index contributed by atoms with van der Waals surface area (Å²) in [5, 5.41) is 34.3. The van der Waals surface area contributed by atoms with Crippen molar-refractivity contribution in [2.75, 3.05) is 6.16 Å². The molecule has 0 radical (unpaired) electrons. The number of carbonyl (C=O) groups is 2. The zero-order chi connectivity index (χ0) is 31.1. The van der Waals surface area contributed by atoms with Gasteiger partial charge in [0.15, 0.2) is 0 Å². The lowest BCUT2D eigenvalue weighted by molar-refractivity contribution is -0.139. The Hall–Kier alpha value is -3.46. The van der Waals surface area contributed by atoms with Gasteiger partial charge in [0.05, 0.1) is 15.6 Å². The van der Waals surface area contributed by atoms with Gasteiger partial charge in [-0.1, -0.05) is 82.8 Å². The summed E-state index contributed by atoms with van der Waals surface area (Å²) in [5.74, 6) is -1.97. The first-order valence-corrected chi connectivity index (χ1v) is 16.5. The lowest BCUT2D eigenvalue weighted by Crippen LogP contribution is -2.42. The maximum Gasteiger partial charge on any atom is 0.326 e. The number of carbonyl (C=O) groups excluding carboxylic acids is 1. The Bertz CT molecular complexity index is 1600. The van der Waals surface area contributed by atoms with Crippen molar-refractivity contribution in [3.63, 3.8) is 0 Å². The Kier molecular flexibility index (Phi) is 11.2. The highest BCUT2D eigenvalue weighted by molar-refractivity contribution is 7.78. The third kappa shape index (κ3) is 9.02. The van der Waals surface area contributed by atoms with Crippen molar-refractivity contribution >= 4 is 64.7 Å². The van der Waals surface area contributed by atoms with E-state index in [-0.39, 0.29) is 39.3 Å². The Balaban J connectivity index is 1.51. The van der Waals surface area contributed by atoms with Crippen molar-refractivity contribution in [2.24, 2.45) is 0 Å². The fourth-order valence-corrected chi connectivity index (χ4v) is 8.17. The van der Waals surface area contributed by atoms with E-state index in [1.165, 1.54) is 0 Å². The summed E-state index contributed by atoms with van der Waals surface area (Å²) in [6.07, 6.45) is 1.06. The maximum absolute atomic E-state index is 13.1. The molecular formula is C31H27Cl2NO7PS-. The number of hydrogen-bond donors (Lipinski definition) is 4. The van der Waals surface area contributed by atoms with Crippen LogP contribution < -0.4 is 15.9 Å². The topological polar surface area (TPSA) is 147 Å². The van der Waals surface area contributed by atoms with Gasteiger partial charge < -0.3 is 25.2 Å². The van der Waals surface area contributed by atoms with Crippen LogP contribution >= 0.6 is 31.1 Å². The number of phenols is 2. The molecule has 0 saturated carbocycles. The molecule has 224 valence electrons. The van der Waals surface area contributed by atoms with Gasteiger partial charge in [0.2, 0.25) is 0 Å². The maximum atomic E-state index is 13.1. The number of halogens is 2. The van der Waals surface area contributed by atoms with Gasteiger partial charge in [-0.05, 0) is 84.2 Å². The number of nitrogens with one attached hydrogen (secondary N) is 1. The summed E-state index contributed by atoms with van der Waals surface area (Å²) in [5.41, 5.74) is 1.73. The van der Waals surface area contributed by atoms with Gasteiger partial charge in [0, 0.05) is 12.2 Å². The molecule has 1 unspecified atom stereocenters. The second-order valence-corrected chi connectivity index (χ2v) is 13.8. The molecule has 1 amide bonds. The molecule has 4 aromatic carbocycles. The zero-order valence-electron chi connectivity index (χ0n) is 22.6. The first kappa shape index (κ1) is 32.5. The fraction of sp³-hybridized carbons (Fsp3) is 0.161. The molecule has 0 aliphatic carbocycles. The summed E-state index contributed by atoms with van der Waals surface area (Å²) in [6, 6.07) is 22.3.